The maximum Gasteiger partial charge on any atom is 0.218 e. The lowest BCUT2D eigenvalue weighted by Gasteiger charge is -2.22. The highest BCUT2D eigenvalue weighted by molar-refractivity contribution is 7.88. The van der Waals surface area contributed by atoms with Crippen LogP contribution < -0.4 is 4.72 Å². The van der Waals surface area contributed by atoms with E-state index in [2.05, 4.69) is 20.0 Å². The van der Waals surface area contributed by atoms with E-state index in [1.807, 2.05) is 19.1 Å². The van der Waals surface area contributed by atoms with E-state index in [1.54, 1.807) is 16.8 Å². The lowest BCUT2D eigenvalue weighted by Crippen LogP contribution is -2.34. The van der Waals surface area contributed by atoms with Gasteiger partial charge in [-0.25, -0.2) is 22.8 Å². The molecule has 0 spiro atoms. The highest BCUT2D eigenvalue weighted by atomic mass is 32.2. The van der Waals surface area contributed by atoms with Crippen LogP contribution in [0.1, 0.15) is 43.1 Å². The van der Waals surface area contributed by atoms with Crippen LogP contribution in [-0.4, -0.2) is 28.3 Å². The highest BCUT2D eigenvalue weighted by Gasteiger charge is 2.29. The summed E-state index contributed by atoms with van der Waals surface area (Å²) in [7, 11) is -3.59. The minimum atomic E-state index is -3.59. The summed E-state index contributed by atoms with van der Waals surface area (Å²) in [6.07, 6.45) is 2.30. The summed E-state index contributed by atoms with van der Waals surface area (Å²) in [5, 5.41) is 9.03. The number of benzene rings is 1. The number of hydrogen-bond acceptors (Lipinski definition) is 6. The van der Waals surface area contributed by atoms with Crippen molar-refractivity contribution in [3.05, 3.63) is 41.6 Å². The van der Waals surface area contributed by atoms with Crippen molar-refractivity contribution in [3.63, 3.8) is 0 Å². The molecule has 3 heterocycles. The Labute approximate surface area is 145 Å². The molecule has 1 aromatic carbocycles. The smallest absolute Gasteiger partial charge is 0.218 e. The number of para-hydroxylation sites is 1. The van der Waals surface area contributed by atoms with E-state index in [9.17, 15) is 8.42 Å². The van der Waals surface area contributed by atoms with E-state index in [0.717, 1.165) is 25.2 Å². The summed E-state index contributed by atoms with van der Waals surface area (Å²) in [6.45, 7) is 2.75. The third kappa shape index (κ3) is 3.16. The Hall–Kier alpha value is -2.26. The van der Waals surface area contributed by atoms with Crippen LogP contribution in [0.3, 0.4) is 0 Å². The highest BCUT2D eigenvalue weighted by Crippen LogP contribution is 2.25. The maximum absolute atomic E-state index is 12.6. The maximum atomic E-state index is 12.6. The number of nitrogens with zero attached hydrogens (tertiary/aromatic N) is 4. The molecule has 4 rings (SSSR count). The quantitative estimate of drug-likeness (QED) is 0.745. The molecule has 0 saturated heterocycles. The van der Waals surface area contributed by atoms with Crippen LogP contribution in [0.25, 0.3) is 11.0 Å². The van der Waals surface area contributed by atoms with Gasteiger partial charge in [0.1, 0.15) is 17.3 Å². The lowest BCUT2D eigenvalue weighted by atomic mass is 10.1. The van der Waals surface area contributed by atoms with E-state index in [4.69, 9.17) is 4.52 Å². The van der Waals surface area contributed by atoms with Crippen molar-refractivity contribution in [2.45, 2.75) is 44.5 Å². The van der Waals surface area contributed by atoms with Crippen molar-refractivity contribution >= 4 is 21.0 Å². The Kier molecular flexibility index (Phi) is 4.04. The van der Waals surface area contributed by atoms with Gasteiger partial charge in [-0.2, -0.15) is 5.10 Å². The third-order valence-electron chi connectivity index (χ3n) is 4.34. The van der Waals surface area contributed by atoms with Gasteiger partial charge in [-0.05, 0) is 25.0 Å². The molecule has 0 radical (unpaired) electrons. The summed E-state index contributed by atoms with van der Waals surface area (Å²) >= 11 is 0. The van der Waals surface area contributed by atoms with E-state index in [-0.39, 0.29) is 11.8 Å². The molecular weight excluding hydrogens is 342 g/mol. The minimum Gasteiger partial charge on any atom is -0.356 e. The molecule has 3 aromatic rings. The number of aromatic nitrogens is 4. The average Bonchev–Trinajstić information content (AvgIpc) is 3.19. The summed E-state index contributed by atoms with van der Waals surface area (Å²) in [4.78, 5) is 4.47. The van der Waals surface area contributed by atoms with E-state index >= 15 is 0 Å². The van der Waals surface area contributed by atoms with Crippen molar-refractivity contribution in [3.8, 4) is 0 Å². The number of sulfonamides is 1. The SMILES string of the molecule is CCc1nc2n(n1)CCC[C@@H]2NS(=O)(=O)Cc1noc2ccccc12. The van der Waals surface area contributed by atoms with Gasteiger partial charge in [-0.15, -0.1) is 0 Å². The van der Waals surface area contributed by atoms with Gasteiger partial charge in [0.05, 0.1) is 6.04 Å². The van der Waals surface area contributed by atoms with E-state index in [0.29, 0.717) is 28.9 Å². The van der Waals surface area contributed by atoms with Crippen LogP contribution in [0.2, 0.25) is 0 Å². The number of aryl methyl sites for hydroxylation is 2. The van der Waals surface area contributed by atoms with Crippen LogP contribution in [0.15, 0.2) is 28.8 Å². The van der Waals surface area contributed by atoms with Gasteiger partial charge in [0, 0.05) is 18.4 Å². The van der Waals surface area contributed by atoms with Gasteiger partial charge in [0.15, 0.2) is 11.4 Å². The van der Waals surface area contributed by atoms with Gasteiger partial charge < -0.3 is 4.52 Å². The van der Waals surface area contributed by atoms with Crippen LogP contribution in [0, 0.1) is 0 Å². The molecule has 0 aliphatic carbocycles. The molecule has 1 aliphatic heterocycles. The zero-order valence-corrected chi connectivity index (χ0v) is 14.7. The molecule has 0 saturated carbocycles. The standard InChI is InChI=1S/C16H19N5O3S/c1-2-15-17-16-12(7-5-9-21(16)18-15)20-25(22,23)10-13-11-6-3-4-8-14(11)24-19-13/h3-4,6,8,12,20H,2,5,7,9-10H2,1H3/t12-/m0/s1. The topological polar surface area (TPSA) is 103 Å². The number of hydrogen-bond donors (Lipinski definition) is 1. The van der Waals surface area contributed by atoms with Crippen molar-refractivity contribution in [1.82, 2.24) is 24.6 Å². The zero-order valence-electron chi connectivity index (χ0n) is 13.8. The average molecular weight is 361 g/mol. The van der Waals surface area contributed by atoms with Crippen molar-refractivity contribution in [2.75, 3.05) is 0 Å². The summed E-state index contributed by atoms with van der Waals surface area (Å²) in [6, 6.07) is 6.87. The predicted molar refractivity (Wildman–Crippen MR) is 91.1 cm³/mol. The molecule has 25 heavy (non-hydrogen) atoms. The molecule has 1 N–H and O–H groups in total. The number of nitrogens with one attached hydrogen (secondary N) is 1. The molecule has 0 bridgehead atoms. The predicted octanol–water partition coefficient (Wildman–Crippen LogP) is 1.94. The Morgan fingerprint density at radius 1 is 1.36 bits per heavy atom. The fourth-order valence-electron chi connectivity index (χ4n) is 3.14. The van der Waals surface area contributed by atoms with Gasteiger partial charge in [0.2, 0.25) is 10.0 Å². The molecular formula is C16H19N5O3S. The molecule has 1 atom stereocenters. The first-order valence-corrected chi connectivity index (χ1v) is 9.98. The molecule has 1 aliphatic rings. The Bertz CT molecular complexity index is 1010. The van der Waals surface area contributed by atoms with E-state index < -0.39 is 10.0 Å². The molecule has 0 amide bonds. The Morgan fingerprint density at radius 3 is 3.04 bits per heavy atom. The first kappa shape index (κ1) is 16.2. The summed E-state index contributed by atoms with van der Waals surface area (Å²) < 4.78 is 35.0. The first-order chi connectivity index (χ1) is 12.1. The normalized spacial score (nSPS) is 17.7. The van der Waals surface area contributed by atoms with Crippen LogP contribution >= 0.6 is 0 Å². The fourth-order valence-corrected chi connectivity index (χ4v) is 4.45. The van der Waals surface area contributed by atoms with Gasteiger partial charge in [0.25, 0.3) is 0 Å². The fraction of sp³-hybridized carbons (Fsp3) is 0.438. The van der Waals surface area contributed by atoms with Crippen LogP contribution in [0.4, 0.5) is 0 Å². The second kappa shape index (κ2) is 6.23. The summed E-state index contributed by atoms with van der Waals surface area (Å²) in [5.41, 5.74) is 0.993. The number of fused-ring (bicyclic) bond motifs is 2. The second-order valence-electron chi connectivity index (χ2n) is 6.16. The monoisotopic (exact) mass is 361 g/mol. The van der Waals surface area contributed by atoms with Crippen LogP contribution in [-0.2, 0) is 28.7 Å². The van der Waals surface area contributed by atoms with Gasteiger partial charge in [-0.3, -0.25) is 0 Å². The third-order valence-corrected chi connectivity index (χ3v) is 5.63. The lowest BCUT2D eigenvalue weighted by molar-refractivity contribution is 0.399. The van der Waals surface area contributed by atoms with Crippen LogP contribution in [0.5, 0.6) is 0 Å². The molecule has 9 heteroatoms. The Morgan fingerprint density at radius 2 is 2.20 bits per heavy atom. The number of rotatable bonds is 5. The van der Waals surface area contributed by atoms with Crippen molar-refractivity contribution < 1.29 is 12.9 Å². The molecule has 0 fully saturated rings. The van der Waals surface area contributed by atoms with Gasteiger partial charge >= 0.3 is 0 Å². The largest absolute Gasteiger partial charge is 0.356 e. The van der Waals surface area contributed by atoms with Gasteiger partial charge in [-0.1, -0.05) is 24.2 Å². The second-order valence-corrected chi connectivity index (χ2v) is 7.91. The minimum absolute atomic E-state index is 0.227. The molecule has 132 valence electrons. The first-order valence-electron chi connectivity index (χ1n) is 8.32. The van der Waals surface area contributed by atoms with Crippen molar-refractivity contribution in [2.24, 2.45) is 0 Å². The molecule has 2 aromatic heterocycles. The van der Waals surface area contributed by atoms with E-state index in [1.165, 1.54) is 0 Å². The Balaban J connectivity index is 1.57. The molecule has 8 nitrogen and oxygen atoms in total. The summed E-state index contributed by atoms with van der Waals surface area (Å²) in [5.74, 6) is 1.20. The van der Waals surface area contributed by atoms with Crippen molar-refractivity contribution in [1.29, 1.82) is 0 Å². The molecule has 0 unspecified atom stereocenters. The zero-order chi connectivity index (χ0) is 17.4.